The van der Waals surface area contributed by atoms with Gasteiger partial charge in [0.25, 0.3) is 0 Å². The highest BCUT2D eigenvalue weighted by molar-refractivity contribution is 5.21. The van der Waals surface area contributed by atoms with Crippen LogP contribution in [0.3, 0.4) is 0 Å². The van der Waals surface area contributed by atoms with Gasteiger partial charge >= 0.3 is 0 Å². The summed E-state index contributed by atoms with van der Waals surface area (Å²) in [4.78, 5) is 0. The van der Waals surface area contributed by atoms with Gasteiger partial charge in [0, 0.05) is 25.4 Å². The van der Waals surface area contributed by atoms with Gasteiger partial charge in [-0.2, -0.15) is 0 Å². The molecule has 52 heavy (non-hydrogen) atoms. The molecule has 9 N–H and O–H groups in total. The Morgan fingerprint density at radius 1 is 0.808 bits per heavy atom. The van der Waals surface area contributed by atoms with E-state index in [4.69, 9.17) is 23.7 Å². The first-order valence-corrected chi connectivity index (χ1v) is 19.6. The lowest BCUT2D eigenvalue weighted by molar-refractivity contribution is -0.309. The van der Waals surface area contributed by atoms with E-state index in [0.29, 0.717) is 32.1 Å². The van der Waals surface area contributed by atoms with Gasteiger partial charge in [-0.15, -0.1) is 0 Å². The van der Waals surface area contributed by atoms with E-state index in [1.165, 1.54) is 7.11 Å². The Morgan fingerprint density at radius 2 is 1.50 bits per heavy atom. The molecule has 2 heterocycles. The van der Waals surface area contributed by atoms with Crippen molar-refractivity contribution in [2.24, 2.45) is 46.3 Å². The molecule has 4 saturated carbocycles. The molecule has 6 rings (SSSR count). The highest BCUT2D eigenvalue weighted by Crippen LogP contribution is 2.70. The molecule has 2 saturated heterocycles. The number of fused-ring (bicyclic) bond motifs is 5. The van der Waals surface area contributed by atoms with Crippen LogP contribution in [-0.2, 0) is 23.7 Å². The molecule has 0 bridgehead atoms. The van der Waals surface area contributed by atoms with Crippen molar-refractivity contribution in [1.29, 1.82) is 0 Å². The lowest BCUT2D eigenvalue weighted by atomic mass is 9.41. The van der Waals surface area contributed by atoms with Gasteiger partial charge in [-0.25, -0.2) is 0 Å². The monoisotopic (exact) mass is 746 g/mol. The van der Waals surface area contributed by atoms with Gasteiger partial charge in [0.2, 0.25) is 0 Å². The number of ether oxygens (including phenoxy) is 5. The summed E-state index contributed by atoms with van der Waals surface area (Å²) in [6.07, 6.45) is -8.89. The van der Waals surface area contributed by atoms with Crippen LogP contribution in [0, 0.1) is 46.3 Å². The SMILES string of the molecule is CO[C@@H]1CO[C@@H](O[C@H]2C(OC(CCC(C)C3CC(O)C4[C@]3(C)CCC3[C@@]5(C)CC[C@H](O)[C@H](O)C5C(O)C[C@]34O)C(C)C)O[C@@H](CO)[C@H]2O)[C@H](O)[C@H]1O. The zero-order valence-electron chi connectivity index (χ0n) is 31.6. The van der Waals surface area contributed by atoms with E-state index in [0.717, 1.165) is 12.8 Å². The van der Waals surface area contributed by atoms with Crippen molar-refractivity contribution in [3.8, 4) is 0 Å². The van der Waals surface area contributed by atoms with Gasteiger partial charge in [-0.1, -0.05) is 34.6 Å². The van der Waals surface area contributed by atoms with E-state index >= 15 is 0 Å². The van der Waals surface area contributed by atoms with Crippen LogP contribution in [0.1, 0.15) is 86.0 Å². The Balaban J connectivity index is 1.13. The van der Waals surface area contributed by atoms with Gasteiger partial charge in [0.05, 0.1) is 49.3 Å². The highest BCUT2D eigenvalue weighted by Gasteiger charge is 2.71. The summed E-state index contributed by atoms with van der Waals surface area (Å²) in [6.45, 7) is 9.91. The number of hydrogen-bond acceptors (Lipinski definition) is 14. The zero-order valence-corrected chi connectivity index (χ0v) is 31.6. The van der Waals surface area contributed by atoms with Crippen molar-refractivity contribution < 1.29 is 69.6 Å². The lowest BCUT2D eigenvalue weighted by Crippen LogP contribution is -2.70. The molecule has 0 aromatic heterocycles. The lowest BCUT2D eigenvalue weighted by Gasteiger charge is -2.66. The van der Waals surface area contributed by atoms with Crippen molar-refractivity contribution in [3.63, 3.8) is 0 Å². The van der Waals surface area contributed by atoms with E-state index < -0.39 is 108 Å². The summed E-state index contributed by atoms with van der Waals surface area (Å²) >= 11 is 0. The van der Waals surface area contributed by atoms with Crippen LogP contribution in [0.15, 0.2) is 0 Å². The predicted molar refractivity (Wildman–Crippen MR) is 184 cm³/mol. The van der Waals surface area contributed by atoms with Gasteiger partial charge in [-0.3, -0.25) is 0 Å². The number of hydrogen-bond donors (Lipinski definition) is 9. The molecule has 0 aromatic carbocycles. The van der Waals surface area contributed by atoms with Crippen LogP contribution in [0.4, 0.5) is 0 Å². The van der Waals surface area contributed by atoms with Gasteiger partial charge in [-0.05, 0) is 79.4 Å². The predicted octanol–water partition coefficient (Wildman–Crippen LogP) is 0.0474. The number of methoxy groups -OCH3 is 1. The molecule has 6 aliphatic rings. The summed E-state index contributed by atoms with van der Waals surface area (Å²) in [5, 5.41) is 99.3. The molecule has 0 radical (unpaired) electrons. The molecule has 302 valence electrons. The van der Waals surface area contributed by atoms with Crippen LogP contribution >= 0.6 is 0 Å². The fourth-order valence-corrected chi connectivity index (χ4v) is 12.2. The normalized spacial score (nSPS) is 53.3. The zero-order chi connectivity index (χ0) is 38.1. The van der Waals surface area contributed by atoms with E-state index in [9.17, 15) is 46.0 Å². The Hall–Kier alpha value is -0.560. The van der Waals surface area contributed by atoms with E-state index in [-0.39, 0.29) is 42.8 Å². The molecule has 21 atom stereocenters. The fraction of sp³-hybridized carbons (Fsp3) is 1.00. The number of aliphatic hydroxyl groups excluding tert-OH is 8. The molecule has 6 fully saturated rings. The van der Waals surface area contributed by atoms with Crippen molar-refractivity contribution in [2.45, 2.75) is 171 Å². The largest absolute Gasteiger partial charge is 0.394 e. The van der Waals surface area contributed by atoms with Gasteiger partial charge < -0.3 is 69.6 Å². The minimum Gasteiger partial charge on any atom is -0.394 e. The molecule has 4 aliphatic carbocycles. The minimum atomic E-state index is -1.45. The summed E-state index contributed by atoms with van der Waals surface area (Å²) in [5.41, 5.74) is -2.28. The summed E-state index contributed by atoms with van der Waals surface area (Å²) in [7, 11) is 1.40. The molecular formula is C38H66O14. The molecule has 0 spiro atoms. The van der Waals surface area contributed by atoms with Crippen molar-refractivity contribution >= 4 is 0 Å². The van der Waals surface area contributed by atoms with Gasteiger partial charge in [0.1, 0.15) is 36.6 Å². The molecular weight excluding hydrogens is 680 g/mol. The number of aliphatic hydroxyl groups is 9. The molecule has 14 heteroatoms. The van der Waals surface area contributed by atoms with Crippen molar-refractivity contribution in [1.82, 2.24) is 0 Å². The van der Waals surface area contributed by atoms with E-state index in [1.54, 1.807) is 0 Å². The first-order valence-electron chi connectivity index (χ1n) is 19.6. The topological polar surface area (TPSA) is 228 Å². The second kappa shape index (κ2) is 15.4. The van der Waals surface area contributed by atoms with Crippen LogP contribution in [0.2, 0.25) is 0 Å². The first kappa shape index (κ1) is 41.1. The fourth-order valence-electron chi connectivity index (χ4n) is 12.2. The maximum absolute atomic E-state index is 12.6. The van der Waals surface area contributed by atoms with Crippen LogP contribution in [0.5, 0.6) is 0 Å². The first-order chi connectivity index (χ1) is 24.4. The van der Waals surface area contributed by atoms with Crippen LogP contribution < -0.4 is 0 Å². The van der Waals surface area contributed by atoms with Crippen molar-refractivity contribution in [2.75, 3.05) is 20.3 Å². The Morgan fingerprint density at radius 3 is 2.15 bits per heavy atom. The standard InChI is InChI=1S/C38H66O14/c1-17(2)23(50-35-32(30(45)24(15-39)51-35)52-34-31(46)29(44)25(48-6)16-49-34)8-7-18(3)19-13-21(41)33-36(19,4)12-10-26-37(5)11-9-20(40)28(43)27(37)22(42)14-38(26,33)47/h17-35,39-47H,7-16H2,1-6H3/t18?,19?,20-,21?,22?,23?,24-,25+,26?,27?,28-,29-,30+,31+,32+,33?,34-,35?,36+,37+,38-/m0/s1. The van der Waals surface area contributed by atoms with Gasteiger partial charge in [0.15, 0.2) is 12.6 Å². The maximum Gasteiger partial charge on any atom is 0.187 e. The minimum absolute atomic E-state index is 0.0259. The molecule has 2 aliphatic heterocycles. The number of rotatable bonds is 11. The maximum atomic E-state index is 12.6. The smallest absolute Gasteiger partial charge is 0.187 e. The highest BCUT2D eigenvalue weighted by atomic mass is 16.8. The van der Waals surface area contributed by atoms with E-state index in [1.807, 2.05) is 20.8 Å². The third-order valence-electron chi connectivity index (χ3n) is 14.9. The molecule has 14 nitrogen and oxygen atoms in total. The van der Waals surface area contributed by atoms with Crippen LogP contribution in [-0.4, -0.2) is 152 Å². The average Bonchev–Trinajstić information content (AvgIpc) is 3.54. The Bertz CT molecular complexity index is 1210. The third-order valence-corrected chi connectivity index (χ3v) is 14.9. The quantitative estimate of drug-likeness (QED) is 0.136. The second-order valence-corrected chi connectivity index (χ2v) is 18.1. The Kier molecular flexibility index (Phi) is 12.2. The Labute approximate surface area is 307 Å². The molecule has 0 aromatic rings. The van der Waals surface area contributed by atoms with E-state index in [2.05, 4.69) is 13.8 Å². The second-order valence-electron chi connectivity index (χ2n) is 18.1. The average molecular weight is 747 g/mol. The molecule has 9 unspecified atom stereocenters. The molecule has 0 amide bonds. The summed E-state index contributed by atoms with van der Waals surface area (Å²) in [5.74, 6) is -0.968. The summed E-state index contributed by atoms with van der Waals surface area (Å²) in [6, 6.07) is 0. The summed E-state index contributed by atoms with van der Waals surface area (Å²) < 4.78 is 29.1. The van der Waals surface area contributed by atoms with Crippen molar-refractivity contribution in [3.05, 3.63) is 0 Å². The third kappa shape index (κ3) is 6.82. The van der Waals surface area contributed by atoms with Crippen LogP contribution in [0.25, 0.3) is 0 Å².